The fraction of sp³-hybridized carbons (Fsp3) is 0.200. The number of aliphatic hydroxyl groups excluding tert-OH is 1. The second-order valence-corrected chi connectivity index (χ2v) is 6.58. The minimum Gasteiger partial charge on any atom is -0.503 e. The number of aliphatic hydroxyl groups is 1. The van der Waals surface area contributed by atoms with Gasteiger partial charge in [-0.15, -0.1) is 0 Å². The van der Waals surface area contributed by atoms with Crippen molar-refractivity contribution in [1.29, 1.82) is 0 Å². The first-order valence-corrected chi connectivity index (χ1v) is 8.53. The smallest absolute Gasteiger partial charge is 0.294 e. The van der Waals surface area contributed by atoms with Gasteiger partial charge in [-0.3, -0.25) is 14.5 Å². The first kappa shape index (κ1) is 17.2. The molecule has 2 aromatic rings. The minimum absolute atomic E-state index is 0.131. The summed E-state index contributed by atoms with van der Waals surface area (Å²) in [6.45, 7) is -0.284. The van der Waals surface area contributed by atoms with Crippen molar-refractivity contribution in [2.24, 2.45) is 0 Å². The molecule has 1 aliphatic carbocycles. The monoisotopic (exact) mass is 370 g/mol. The van der Waals surface area contributed by atoms with Gasteiger partial charge in [0.1, 0.15) is 11.6 Å². The second kappa shape index (κ2) is 6.50. The molecule has 0 fully saturated rings. The van der Waals surface area contributed by atoms with E-state index in [2.05, 4.69) is 5.32 Å². The van der Waals surface area contributed by atoms with Crippen LogP contribution in [0.2, 0.25) is 0 Å². The molecule has 1 aliphatic heterocycles. The number of benzene rings is 2. The Morgan fingerprint density at radius 3 is 2.74 bits per heavy atom. The Hall–Kier alpha value is -3.22. The van der Waals surface area contributed by atoms with E-state index in [1.807, 2.05) is 24.3 Å². The third-order valence-electron chi connectivity index (χ3n) is 4.96. The number of fused-ring (bicyclic) bond motifs is 1. The summed E-state index contributed by atoms with van der Waals surface area (Å²) in [6.07, 6.45) is 1.56. The number of hydrogen-bond donors (Lipinski definition) is 2. The van der Waals surface area contributed by atoms with Crippen LogP contribution in [0, 0.1) is 11.6 Å². The zero-order valence-electron chi connectivity index (χ0n) is 14.2. The summed E-state index contributed by atoms with van der Waals surface area (Å²) in [5, 5.41) is 12.9. The Morgan fingerprint density at radius 1 is 1.19 bits per heavy atom. The molecule has 2 aromatic carbocycles. The van der Waals surface area contributed by atoms with Gasteiger partial charge in [0.2, 0.25) is 0 Å². The SMILES string of the molecule is O=C(NC1CCc2ccccc21)C1=C(O)C(=O)N(c2ccc(F)cc2F)C1. The maximum Gasteiger partial charge on any atom is 0.294 e. The lowest BCUT2D eigenvalue weighted by molar-refractivity contribution is -0.119. The standard InChI is InChI=1S/C20H16F2N2O3/c21-12-6-8-17(15(22)9-12)24-10-14(18(25)20(24)27)19(26)23-16-7-5-11-3-1-2-4-13(11)16/h1-4,6,8-9,16,25H,5,7,10H2,(H,23,26). The highest BCUT2D eigenvalue weighted by atomic mass is 19.1. The summed E-state index contributed by atoms with van der Waals surface area (Å²) in [5.74, 6) is -3.91. The van der Waals surface area contributed by atoms with Crippen molar-refractivity contribution in [2.75, 3.05) is 11.4 Å². The summed E-state index contributed by atoms with van der Waals surface area (Å²) in [5.41, 5.74) is 1.84. The molecule has 0 radical (unpaired) electrons. The highest BCUT2D eigenvalue weighted by molar-refractivity contribution is 6.14. The summed E-state index contributed by atoms with van der Waals surface area (Å²) in [7, 11) is 0. The number of carbonyl (C=O) groups excluding carboxylic acids is 2. The molecule has 1 atom stereocenters. The molecular weight excluding hydrogens is 354 g/mol. The van der Waals surface area contributed by atoms with Crippen LogP contribution in [0.4, 0.5) is 14.5 Å². The fourth-order valence-corrected chi connectivity index (χ4v) is 3.59. The van der Waals surface area contributed by atoms with Crippen LogP contribution in [-0.2, 0) is 16.0 Å². The largest absolute Gasteiger partial charge is 0.503 e. The molecule has 27 heavy (non-hydrogen) atoms. The molecule has 0 saturated carbocycles. The molecule has 4 rings (SSSR count). The average Bonchev–Trinajstić information content (AvgIpc) is 3.18. The molecular formula is C20H16F2N2O3. The lowest BCUT2D eigenvalue weighted by atomic mass is 10.1. The van der Waals surface area contributed by atoms with Crippen molar-refractivity contribution in [1.82, 2.24) is 5.32 Å². The number of halogens is 2. The van der Waals surface area contributed by atoms with Crippen LogP contribution < -0.4 is 10.2 Å². The quantitative estimate of drug-likeness (QED) is 0.873. The summed E-state index contributed by atoms with van der Waals surface area (Å²) < 4.78 is 27.1. The van der Waals surface area contributed by atoms with E-state index in [0.717, 1.165) is 41.0 Å². The Balaban J connectivity index is 1.54. The van der Waals surface area contributed by atoms with Crippen LogP contribution in [0.15, 0.2) is 53.8 Å². The van der Waals surface area contributed by atoms with E-state index in [9.17, 15) is 23.5 Å². The van der Waals surface area contributed by atoms with Crippen LogP contribution in [0.3, 0.4) is 0 Å². The number of nitrogens with one attached hydrogen (secondary N) is 1. The third-order valence-corrected chi connectivity index (χ3v) is 4.96. The van der Waals surface area contributed by atoms with Gasteiger partial charge in [-0.05, 0) is 36.1 Å². The Kier molecular flexibility index (Phi) is 4.14. The van der Waals surface area contributed by atoms with Gasteiger partial charge in [0.05, 0.1) is 23.8 Å². The number of carbonyl (C=O) groups is 2. The van der Waals surface area contributed by atoms with Gasteiger partial charge in [-0.2, -0.15) is 0 Å². The zero-order chi connectivity index (χ0) is 19.1. The normalized spacial score (nSPS) is 18.8. The van der Waals surface area contributed by atoms with Gasteiger partial charge in [0.25, 0.3) is 11.8 Å². The van der Waals surface area contributed by atoms with Gasteiger partial charge in [-0.25, -0.2) is 8.78 Å². The summed E-state index contributed by atoms with van der Waals surface area (Å²) in [6, 6.07) is 10.3. The van der Waals surface area contributed by atoms with E-state index in [-0.39, 0.29) is 23.8 Å². The van der Waals surface area contributed by atoms with Crippen molar-refractivity contribution in [3.05, 3.63) is 76.6 Å². The summed E-state index contributed by atoms with van der Waals surface area (Å²) >= 11 is 0. The zero-order valence-corrected chi connectivity index (χ0v) is 14.2. The molecule has 0 spiro atoms. The molecule has 7 heteroatoms. The van der Waals surface area contributed by atoms with Gasteiger partial charge in [0.15, 0.2) is 5.76 Å². The molecule has 1 unspecified atom stereocenters. The Labute approximate surface area is 153 Å². The van der Waals surface area contributed by atoms with Crippen LogP contribution in [0.5, 0.6) is 0 Å². The lowest BCUT2D eigenvalue weighted by Crippen LogP contribution is -2.32. The predicted molar refractivity (Wildman–Crippen MR) is 94.0 cm³/mol. The van der Waals surface area contributed by atoms with Crippen LogP contribution in [0.25, 0.3) is 0 Å². The van der Waals surface area contributed by atoms with Gasteiger partial charge >= 0.3 is 0 Å². The third kappa shape index (κ3) is 2.95. The topological polar surface area (TPSA) is 69.6 Å². The maximum absolute atomic E-state index is 14.0. The first-order chi connectivity index (χ1) is 13.0. The number of aryl methyl sites for hydroxylation is 1. The molecule has 2 aliphatic rings. The maximum atomic E-state index is 14.0. The molecule has 1 heterocycles. The number of nitrogens with zero attached hydrogens (tertiary/aromatic N) is 1. The molecule has 0 bridgehead atoms. The molecule has 0 aromatic heterocycles. The molecule has 2 amide bonds. The van der Waals surface area contributed by atoms with Gasteiger partial charge < -0.3 is 10.4 Å². The summed E-state index contributed by atoms with van der Waals surface area (Å²) in [4.78, 5) is 25.8. The first-order valence-electron chi connectivity index (χ1n) is 8.53. The van der Waals surface area contributed by atoms with E-state index in [1.165, 1.54) is 0 Å². The van der Waals surface area contributed by atoms with E-state index in [0.29, 0.717) is 6.07 Å². The minimum atomic E-state index is -0.942. The van der Waals surface area contributed by atoms with Crippen LogP contribution >= 0.6 is 0 Å². The van der Waals surface area contributed by atoms with Crippen LogP contribution in [0.1, 0.15) is 23.6 Å². The number of anilines is 1. The predicted octanol–water partition coefficient (Wildman–Crippen LogP) is 2.93. The van der Waals surface area contributed by atoms with E-state index in [4.69, 9.17) is 0 Å². The van der Waals surface area contributed by atoms with Gasteiger partial charge in [-0.1, -0.05) is 24.3 Å². The Bertz CT molecular complexity index is 987. The van der Waals surface area contributed by atoms with Crippen molar-refractivity contribution in [3.8, 4) is 0 Å². The van der Waals surface area contributed by atoms with Gasteiger partial charge in [0, 0.05) is 6.07 Å². The van der Waals surface area contributed by atoms with E-state index in [1.54, 1.807) is 0 Å². The lowest BCUT2D eigenvalue weighted by Gasteiger charge is -2.18. The van der Waals surface area contributed by atoms with Crippen molar-refractivity contribution in [3.63, 3.8) is 0 Å². The molecule has 5 nitrogen and oxygen atoms in total. The molecule has 0 saturated heterocycles. The number of hydrogen-bond acceptors (Lipinski definition) is 3. The Morgan fingerprint density at radius 2 is 1.96 bits per heavy atom. The fourth-order valence-electron chi connectivity index (χ4n) is 3.59. The van der Waals surface area contributed by atoms with E-state index >= 15 is 0 Å². The highest BCUT2D eigenvalue weighted by Gasteiger charge is 2.37. The number of rotatable bonds is 3. The van der Waals surface area contributed by atoms with Crippen molar-refractivity contribution < 1.29 is 23.5 Å². The van der Waals surface area contributed by atoms with Crippen LogP contribution in [-0.4, -0.2) is 23.5 Å². The van der Waals surface area contributed by atoms with Crippen molar-refractivity contribution in [2.45, 2.75) is 18.9 Å². The second-order valence-electron chi connectivity index (χ2n) is 6.58. The van der Waals surface area contributed by atoms with E-state index < -0.39 is 29.2 Å². The number of amides is 2. The highest BCUT2D eigenvalue weighted by Crippen LogP contribution is 2.32. The van der Waals surface area contributed by atoms with Crippen molar-refractivity contribution >= 4 is 17.5 Å². The molecule has 138 valence electrons. The average molecular weight is 370 g/mol. The molecule has 2 N–H and O–H groups in total.